The van der Waals surface area contributed by atoms with Gasteiger partial charge in [0.25, 0.3) is 0 Å². The maximum atomic E-state index is 12.2. The zero-order valence-corrected chi connectivity index (χ0v) is 15.3. The average molecular weight is 400 g/mol. The maximum absolute atomic E-state index is 12.2. The van der Waals surface area contributed by atoms with Crippen molar-refractivity contribution in [3.05, 3.63) is 52.1 Å². The number of hydrogen-bond acceptors (Lipinski definition) is 5. The summed E-state index contributed by atoms with van der Waals surface area (Å²) in [5.41, 5.74) is 0.853. The van der Waals surface area contributed by atoms with Crippen molar-refractivity contribution in [1.82, 2.24) is 19.7 Å². The minimum atomic E-state index is -4.68. The SMILES string of the molecule is CN(Cc1ccc(OC(F)(F)F)cc1)Cn1[nH]c(-c2cccs2)nc1=S. The van der Waals surface area contributed by atoms with E-state index in [0.717, 1.165) is 10.4 Å². The second-order valence-electron chi connectivity index (χ2n) is 5.61. The summed E-state index contributed by atoms with van der Waals surface area (Å²) in [5.74, 6) is 0.479. The summed E-state index contributed by atoms with van der Waals surface area (Å²) in [5, 5.41) is 5.12. The molecule has 0 aliphatic heterocycles. The van der Waals surface area contributed by atoms with Gasteiger partial charge >= 0.3 is 6.36 Å². The van der Waals surface area contributed by atoms with Gasteiger partial charge in [-0.05, 0) is 48.4 Å². The number of ether oxygens (including phenoxy) is 1. The molecule has 0 unspecified atom stereocenters. The minimum Gasteiger partial charge on any atom is -0.406 e. The number of hydrogen-bond donors (Lipinski definition) is 1. The van der Waals surface area contributed by atoms with E-state index in [2.05, 4.69) is 14.8 Å². The molecule has 26 heavy (non-hydrogen) atoms. The third-order valence-electron chi connectivity index (χ3n) is 3.43. The molecule has 2 heterocycles. The van der Waals surface area contributed by atoms with Crippen LogP contribution in [0.3, 0.4) is 0 Å². The molecule has 10 heteroatoms. The quantitative estimate of drug-likeness (QED) is 0.612. The van der Waals surface area contributed by atoms with Gasteiger partial charge in [0.2, 0.25) is 4.77 Å². The van der Waals surface area contributed by atoms with E-state index in [-0.39, 0.29) is 5.75 Å². The molecule has 0 amide bonds. The molecule has 0 aliphatic carbocycles. The first kappa shape index (κ1) is 18.6. The highest BCUT2D eigenvalue weighted by Gasteiger charge is 2.30. The smallest absolute Gasteiger partial charge is 0.406 e. The zero-order chi connectivity index (χ0) is 18.7. The van der Waals surface area contributed by atoms with Gasteiger partial charge in [-0.15, -0.1) is 24.5 Å². The molecule has 0 saturated carbocycles. The van der Waals surface area contributed by atoms with Crippen LogP contribution in [0.25, 0.3) is 10.7 Å². The Morgan fingerprint density at radius 1 is 1.27 bits per heavy atom. The van der Waals surface area contributed by atoms with Crippen molar-refractivity contribution in [1.29, 1.82) is 0 Å². The molecule has 0 bridgehead atoms. The lowest BCUT2D eigenvalue weighted by Crippen LogP contribution is -2.22. The van der Waals surface area contributed by atoms with Crippen molar-refractivity contribution in [2.75, 3.05) is 7.05 Å². The first-order chi connectivity index (χ1) is 12.3. The summed E-state index contributed by atoms with van der Waals surface area (Å²) in [4.78, 5) is 7.30. The molecule has 0 saturated heterocycles. The van der Waals surface area contributed by atoms with Gasteiger partial charge in [0.05, 0.1) is 11.5 Å². The second-order valence-corrected chi connectivity index (χ2v) is 6.92. The van der Waals surface area contributed by atoms with Crippen LogP contribution >= 0.6 is 23.6 Å². The zero-order valence-electron chi connectivity index (χ0n) is 13.7. The van der Waals surface area contributed by atoms with E-state index in [4.69, 9.17) is 12.2 Å². The van der Waals surface area contributed by atoms with E-state index in [9.17, 15) is 13.2 Å². The molecule has 0 fully saturated rings. The van der Waals surface area contributed by atoms with Gasteiger partial charge in [-0.1, -0.05) is 18.2 Å². The van der Waals surface area contributed by atoms with Crippen molar-refractivity contribution in [2.24, 2.45) is 0 Å². The third kappa shape index (κ3) is 4.93. The van der Waals surface area contributed by atoms with Crippen LogP contribution in [0.1, 0.15) is 5.56 Å². The molecule has 1 aromatic carbocycles. The molecule has 3 rings (SSSR count). The fourth-order valence-electron chi connectivity index (χ4n) is 2.38. The molecule has 5 nitrogen and oxygen atoms in total. The maximum Gasteiger partial charge on any atom is 0.573 e. The van der Waals surface area contributed by atoms with Gasteiger partial charge in [0, 0.05) is 6.54 Å². The Bertz CT molecular complexity index is 901. The van der Waals surface area contributed by atoms with Crippen LogP contribution in [0, 0.1) is 4.77 Å². The fraction of sp³-hybridized carbons (Fsp3) is 0.250. The minimum absolute atomic E-state index is 0.236. The summed E-state index contributed by atoms with van der Waals surface area (Å²) in [6.07, 6.45) is -4.68. The molecule has 0 aliphatic rings. The predicted octanol–water partition coefficient (Wildman–Crippen LogP) is 4.66. The summed E-state index contributed by atoms with van der Waals surface area (Å²) in [6.45, 7) is 0.999. The molecule has 138 valence electrons. The summed E-state index contributed by atoms with van der Waals surface area (Å²) in [7, 11) is 1.88. The van der Waals surface area contributed by atoms with E-state index in [1.54, 1.807) is 28.2 Å². The number of alkyl halides is 3. The van der Waals surface area contributed by atoms with Gasteiger partial charge in [-0.3, -0.25) is 10.00 Å². The topological polar surface area (TPSA) is 46.1 Å². The van der Waals surface area contributed by atoms with E-state index in [1.807, 2.05) is 29.5 Å². The largest absolute Gasteiger partial charge is 0.573 e. The molecule has 2 aromatic heterocycles. The van der Waals surface area contributed by atoms with Crippen LogP contribution in [0.4, 0.5) is 13.2 Å². The van der Waals surface area contributed by atoms with Crippen LogP contribution in [-0.4, -0.2) is 33.1 Å². The number of nitrogens with one attached hydrogen (secondary N) is 1. The van der Waals surface area contributed by atoms with Crippen LogP contribution < -0.4 is 4.74 Å². The first-order valence-corrected chi connectivity index (χ1v) is 8.83. The number of thiophene rings is 1. The Morgan fingerprint density at radius 2 is 2.00 bits per heavy atom. The summed E-state index contributed by atoms with van der Waals surface area (Å²) >= 11 is 6.84. The predicted molar refractivity (Wildman–Crippen MR) is 95.3 cm³/mol. The van der Waals surface area contributed by atoms with Crippen LogP contribution in [-0.2, 0) is 13.2 Å². The van der Waals surface area contributed by atoms with Crippen molar-refractivity contribution < 1.29 is 17.9 Å². The Kier molecular flexibility index (Phi) is 5.44. The lowest BCUT2D eigenvalue weighted by Gasteiger charge is -2.17. The van der Waals surface area contributed by atoms with Gasteiger partial charge in [-0.2, -0.15) is 4.98 Å². The lowest BCUT2D eigenvalue weighted by atomic mass is 10.2. The monoisotopic (exact) mass is 400 g/mol. The van der Waals surface area contributed by atoms with Gasteiger partial charge < -0.3 is 4.74 Å². The van der Waals surface area contributed by atoms with Crippen LogP contribution in [0.5, 0.6) is 5.75 Å². The number of aromatic amines is 1. The Hall–Kier alpha value is -2.17. The highest BCUT2D eigenvalue weighted by molar-refractivity contribution is 7.71. The summed E-state index contributed by atoms with van der Waals surface area (Å²) in [6, 6.07) is 9.69. The van der Waals surface area contributed by atoms with Crippen LogP contribution in [0.2, 0.25) is 0 Å². The second kappa shape index (κ2) is 7.60. The van der Waals surface area contributed by atoms with E-state index >= 15 is 0 Å². The average Bonchev–Trinajstić information content (AvgIpc) is 3.18. The Morgan fingerprint density at radius 3 is 2.62 bits per heavy atom. The number of benzene rings is 1. The highest BCUT2D eigenvalue weighted by Crippen LogP contribution is 2.23. The third-order valence-corrected chi connectivity index (χ3v) is 4.61. The molecular formula is C16H15F3N4OS2. The van der Waals surface area contributed by atoms with Gasteiger partial charge in [0.1, 0.15) is 5.75 Å². The van der Waals surface area contributed by atoms with Crippen molar-refractivity contribution in [3.63, 3.8) is 0 Å². The first-order valence-electron chi connectivity index (χ1n) is 7.54. The van der Waals surface area contributed by atoms with Crippen LogP contribution in [0.15, 0.2) is 41.8 Å². The van der Waals surface area contributed by atoms with E-state index in [0.29, 0.717) is 23.8 Å². The molecule has 0 atom stereocenters. The van der Waals surface area contributed by atoms with Crippen molar-refractivity contribution in [2.45, 2.75) is 19.6 Å². The number of rotatable bonds is 6. The normalized spacial score (nSPS) is 11.9. The molecule has 3 aromatic rings. The number of halogens is 3. The van der Waals surface area contributed by atoms with Crippen molar-refractivity contribution in [3.8, 4) is 16.5 Å². The number of aromatic nitrogens is 3. The lowest BCUT2D eigenvalue weighted by molar-refractivity contribution is -0.274. The molecule has 0 spiro atoms. The summed E-state index contributed by atoms with van der Waals surface area (Å²) < 4.78 is 42.6. The highest BCUT2D eigenvalue weighted by atomic mass is 32.1. The standard InChI is InChI=1S/C16H15F3N4OS2/c1-22(9-11-4-6-12(7-5-11)24-16(17,18)19)10-23-15(25)20-14(21-23)13-3-2-8-26-13/h2-8H,9-10H2,1H3,(H,20,21,25). The van der Waals surface area contributed by atoms with Gasteiger partial charge in [-0.25, -0.2) is 4.68 Å². The Balaban J connectivity index is 1.62. The number of nitrogens with zero attached hydrogens (tertiary/aromatic N) is 3. The fourth-order valence-corrected chi connectivity index (χ4v) is 3.23. The molecular weight excluding hydrogens is 385 g/mol. The number of H-pyrrole nitrogens is 1. The van der Waals surface area contributed by atoms with Gasteiger partial charge in [0.15, 0.2) is 5.82 Å². The van der Waals surface area contributed by atoms with E-state index < -0.39 is 6.36 Å². The van der Waals surface area contributed by atoms with Crippen molar-refractivity contribution >= 4 is 23.6 Å². The van der Waals surface area contributed by atoms with E-state index in [1.165, 1.54) is 12.1 Å². The molecule has 0 radical (unpaired) electrons. The Labute approximate surface area is 156 Å². The molecule has 1 N–H and O–H groups in total.